The standard InChI is InChI=1S/C20H42/c1-6-9-10-11-12-13-16-19(7-2)20(8-3)17-14-15-18(4)5/h18-20H,6-17H2,1-5H3. The zero-order chi connectivity index (χ0) is 15.2. The second-order valence-electron chi connectivity index (χ2n) is 7.22. The van der Waals surface area contributed by atoms with E-state index in [2.05, 4.69) is 34.6 Å². The van der Waals surface area contributed by atoms with Crippen LogP contribution in [0.5, 0.6) is 0 Å². The normalized spacial score (nSPS) is 14.7. The summed E-state index contributed by atoms with van der Waals surface area (Å²) in [5, 5.41) is 0. The molecule has 0 aromatic carbocycles. The first-order chi connectivity index (χ1) is 9.65. The van der Waals surface area contributed by atoms with E-state index in [1.807, 2.05) is 0 Å². The highest BCUT2D eigenvalue weighted by Gasteiger charge is 2.17. The van der Waals surface area contributed by atoms with Crippen LogP contribution in [0.1, 0.15) is 112 Å². The van der Waals surface area contributed by atoms with E-state index in [9.17, 15) is 0 Å². The summed E-state index contributed by atoms with van der Waals surface area (Å²) in [7, 11) is 0. The van der Waals surface area contributed by atoms with Crippen LogP contribution >= 0.6 is 0 Å². The van der Waals surface area contributed by atoms with E-state index in [-0.39, 0.29) is 0 Å². The maximum atomic E-state index is 2.41. The number of hydrogen-bond donors (Lipinski definition) is 0. The van der Waals surface area contributed by atoms with Crippen molar-refractivity contribution in [3.63, 3.8) is 0 Å². The highest BCUT2D eigenvalue weighted by molar-refractivity contribution is 4.69. The predicted octanol–water partition coefficient (Wildman–Crippen LogP) is 7.62. The number of rotatable bonds is 14. The Morgan fingerprint density at radius 3 is 1.55 bits per heavy atom. The monoisotopic (exact) mass is 282 g/mol. The smallest absolute Gasteiger partial charge is 0.0389 e. The van der Waals surface area contributed by atoms with Gasteiger partial charge in [0.1, 0.15) is 0 Å². The molecule has 20 heavy (non-hydrogen) atoms. The second kappa shape index (κ2) is 14.0. The van der Waals surface area contributed by atoms with Crippen molar-refractivity contribution in [1.29, 1.82) is 0 Å². The third-order valence-electron chi connectivity index (χ3n) is 5.00. The lowest BCUT2D eigenvalue weighted by atomic mass is 9.80. The number of hydrogen-bond acceptors (Lipinski definition) is 0. The Hall–Kier alpha value is 0. The van der Waals surface area contributed by atoms with Crippen LogP contribution < -0.4 is 0 Å². The van der Waals surface area contributed by atoms with Crippen molar-refractivity contribution in [2.75, 3.05) is 0 Å². The zero-order valence-electron chi connectivity index (χ0n) is 15.2. The topological polar surface area (TPSA) is 0 Å². The van der Waals surface area contributed by atoms with Gasteiger partial charge >= 0.3 is 0 Å². The summed E-state index contributed by atoms with van der Waals surface area (Å²) < 4.78 is 0. The van der Waals surface area contributed by atoms with E-state index < -0.39 is 0 Å². The first-order valence-electron chi connectivity index (χ1n) is 9.65. The van der Waals surface area contributed by atoms with Crippen LogP contribution in [0.15, 0.2) is 0 Å². The van der Waals surface area contributed by atoms with Gasteiger partial charge in [0, 0.05) is 0 Å². The SMILES string of the molecule is CCCCCCCCC(CC)C(CC)CCCC(C)C. The fourth-order valence-electron chi connectivity index (χ4n) is 3.52. The van der Waals surface area contributed by atoms with E-state index in [0.29, 0.717) is 0 Å². The molecule has 0 N–H and O–H groups in total. The summed E-state index contributed by atoms with van der Waals surface area (Å²) in [6, 6.07) is 0. The van der Waals surface area contributed by atoms with Crippen LogP contribution in [-0.4, -0.2) is 0 Å². The largest absolute Gasteiger partial charge is 0.0654 e. The predicted molar refractivity (Wildman–Crippen MR) is 94.2 cm³/mol. The summed E-state index contributed by atoms with van der Waals surface area (Å²) in [5.41, 5.74) is 0. The minimum atomic E-state index is 0.881. The van der Waals surface area contributed by atoms with Crippen molar-refractivity contribution in [2.45, 2.75) is 112 Å². The summed E-state index contributed by atoms with van der Waals surface area (Å²) in [6.07, 6.45) is 17.3. The average Bonchev–Trinajstić information content (AvgIpc) is 2.43. The molecule has 0 aromatic heterocycles. The quantitative estimate of drug-likeness (QED) is 0.287. The van der Waals surface area contributed by atoms with Crippen LogP contribution in [0.2, 0.25) is 0 Å². The third-order valence-corrected chi connectivity index (χ3v) is 5.00. The van der Waals surface area contributed by atoms with Gasteiger partial charge in [-0.25, -0.2) is 0 Å². The van der Waals surface area contributed by atoms with Crippen molar-refractivity contribution in [1.82, 2.24) is 0 Å². The summed E-state index contributed by atoms with van der Waals surface area (Å²) in [5.74, 6) is 2.87. The molecule has 0 saturated heterocycles. The van der Waals surface area contributed by atoms with Gasteiger partial charge in [-0.2, -0.15) is 0 Å². The van der Waals surface area contributed by atoms with Gasteiger partial charge in [0.05, 0.1) is 0 Å². The van der Waals surface area contributed by atoms with Gasteiger partial charge in [0.25, 0.3) is 0 Å². The highest BCUT2D eigenvalue weighted by Crippen LogP contribution is 2.30. The van der Waals surface area contributed by atoms with Crippen LogP contribution in [0.4, 0.5) is 0 Å². The second-order valence-corrected chi connectivity index (χ2v) is 7.22. The molecule has 0 rings (SSSR count). The zero-order valence-corrected chi connectivity index (χ0v) is 15.2. The van der Waals surface area contributed by atoms with E-state index in [1.165, 1.54) is 77.0 Å². The van der Waals surface area contributed by atoms with Crippen molar-refractivity contribution >= 4 is 0 Å². The molecule has 2 atom stereocenters. The van der Waals surface area contributed by atoms with E-state index in [1.54, 1.807) is 0 Å². The molecule has 0 aliphatic carbocycles. The lowest BCUT2D eigenvalue weighted by Gasteiger charge is -2.25. The van der Waals surface area contributed by atoms with Crippen molar-refractivity contribution in [3.8, 4) is 0 Å². The molecular weight excluding hydrogens is 240 g/mol. The Labute approximate surface area is 130 Å². The molecule has 0 heterocycles. The summed E-state index contributed by atoms with van der Waals surface area (Å²) in [6.45, 7) is 11.8. The minimum absolute atomic E-state index is 0.881. The molecule has 0 aliphatic rings. The van der Waals surface area contributed by atoms with Crippen LogP contribution in [-0.2, 0) is 0 Å². The minimum Gasteiger partial charge on any atom is -0.0654 e. The molecule has 0 spiro atoms. The maximum absolute atomic E-state index is 2.41. The fraction of sp³-hybridized carbons (Fsp3) is 1.00. The Morgan fingerprint density at radius 1 is 0.550 bits per heavy atom. The Morgan fingerprint density at radius 2 is 1.05 bits per heavy atom. The van der Waals surface area contributed by atoms with Gasteiger partial charge in [0.15, 0.2) is 0 Å². The molecule has 122 valence electrons. The van der Waals surface area contributed by atoms with Gasteiger partial charge in [-0.05, 0) is 17.8 Å². The van der Waals surface area contributed by atoms with Gasteiger partial charge in [-0.3, -0.25) is 0 Å². The Bertz CT molecular complexity index is 182. The van der Waals surface area contributed by atoms with Crippen LogP contribution in [0.3, 0.4) is 0 Å². The van der Waals surface area contributed by atoms with E-state index >= 15 is 0 Å². The third kappa shape index (κ3) is 10.7. The van der Waals surface area contributed by atoms with Gasteiger partial charge in [-0.1, -0.05) is 112 Å². The molecule has 0 radical (unpaired) electrons. The Balaban J connectivity index is 3.82. The molecule has 0 nitrogen and oxygen atoms in total. The fourth-order valence-corrected chi connectivity index (χ4v) is 3.52. The molecule has 0 amide bonds. The van der Waals surface area contributed by atoms with E-state index in [4.69, 9.17) is 0 Å². The lowest BCUT2D eigenvalue weighted by molar-refractivity contribution is 0.260. The molecule has 0 aliphatic heterocycles. The van der Waals surface area contributed by atoms with E-state index in [0.717, 1.165) is 17.8 Å². The van der Waals surface area contributed by atoms with Gasteiger partial charge in [-0.15, -0.1) is 0 Å². The van der Waals surface area contributed by atoms with Gasteiger partial charge in [0.2, 0.25) is 0 Å². The molecule has 0 saturated carbocycles. The maximum Gasteiger partial charge on any atom is -0.0389 e. The first kappa shape index (κ1) is 20.0. The molecule has 0 fully saturated rings. The first-order valence-corrected chi connectivity index (χ1v) is 9.65. The number of unbranched alkanes of at least 4 members (excludes halogenated alkanes) is 5. The van der Waals surface area contributed by atoms with Crippen molar-refractivity contribution < 1.29 is 0 Å². The summed E-state index contributed by atoms with van der Waals surface area (Å²) >= 11 is 0. The lowest BCUT2D eigenvalue weighted by Crippen LogP contribution is -2.14. The van der Waals surface area contributed by atoms with Crippen molar-refractivity contribution in [2.24, 2.45) is 17.8 Å². The average molecular weight is 283 g/mol. The molecule has 0 aromatic rings. The van der Waals surface area contributed by atoms with Crippen molar-refractivity contribution in [3.05, 3.63) is 0 Å². The molecular formula is C20H42. The molecule has 0 bridgehead atoms. The highest BCUT2D eigenvalue weighted by atomic mass is 14.2. The summed E-state index contributed by atoms with van der Waals surface area (Å²) in [4.78, 5) is 0. The molecule has 0 heteroatoms. The van der Waals surface area contributed by atoms with Gasteiger partial charge < -0.3 is 0 Å². The Kier molecular flexibility index (Phi) is 14.0. The van der Waals surface area contributed by atoms with Crippen LogP contribution in [0.25, 0.3) is 0 Å². The molecule has 2 unspecified atom stereocenters. The van der Waals surface area contributed by atoms with Crippen LogP contribution in [0, 0.1) is 17.8 Å².